The standard InChI is InChI=1S/C18H34N2O2/c1-5-7-9-11-15-19(3)17(21)13-14-18(22)20(4)16-12-10-8-6-2/h13-14H,5-12,15-16H2,1-4H3/b14-13-. The van der Waals surface area contributed by atoms with E-state index in [0.717, 1.165) is 38.8 Å². The minimum Gasteiger partial charge on any atom is -0.342 e. The van der Waals surface area contributed by atoms with E-state index < -0.39 is 0 Å². The van der Waals surface area contributed by atoms with Crippen LogP contribution in [0.25, 0.3) is 0 Å². The molecular weight excluding hydrogens is 276 g/mol. The Balaban J connectivity index is 3.99. The van der Waals surface area contributed by atoms with Crippen LogP contribution in [0.5, 0.6) is 0 Å². The summed E-state index contributed by atoms with van der Waals surface area (Å²) in [5.41, 5.74) is 0. The Morgan fingerprint density at radius 1 is 0.682 bits per heavy atom. The van der Waals surface area contributed by atoms with Gasteiger partial charge < -0.3 is 9.80 Å². The van der Waals surface area contributed by atoms with Gasteiger partial charge in [-0.05, 0) is 12.8 Å². The van der Waals surface area contributed by atoms with Crippen molar-refractivity contribution in [1.82, 2.24) is 9.80 Å². The third-order valence-corrected chi connectivity index (χ3v) is 3.82. The van der Waals surface area contributed by atoms with Gasteiger partial charge in [-0.1, -0.05) is 52.4 Å². The fourth-order valence-corrected chi connectivity index (χ4v) is 2.17. The van der Waals surface area contributed by atoms with Crippen molar-refractivity contribution < 1.29 is 9.59 Å². The molecular formula is C18H34N2O2. The molecule has 0 aliphatic rings. The van der Waals surface area contributed by atoms with Crippen LogP contribution in [0, 0.1) is 0 Å². The normalized spacial score (nSPS) is 10.9. The summed E-state index contributed by atoms with van der Waals surface area (Å²) in [4.78, 5) is 27.2. The van der Waals surface area contributed by atoms with Gasteiger partial charge in [0.25, 0.3) is 0 Å². The van der Waals surface area contributed by atoms with Crippen LogP contribution in [0.2, 0.25) is 0 Å². The lowest BCUT2D eigenvalue weighted by atomic mass is 10.2. The van der Waals surface area contributed by atoms with Crippen LogP contribution in [-0.4, -0.2) is 48.8 Å². The van der Waals surface area contributed by atoms with Gasteiger partial charge in [-0.3, -0.25) is 9.59 Å². The molecule has 0 unspecified atom stereocenters. The van der Waals surface area contributed by atoms with Gasteiger partial charge in [-0.2, -0.15) is 0 Å². The zero-order valence-corrected chi connectivity index (χ0v) is 14.9. The topological polar surface area (TPSA) is 40.6 Å². The molecule has 0 radical (unpaired) electrons. The smallest absolute Gasteiger partial charge is 0.246 e. The lowest BCUT2D eigenvalue weighted by Gasteiger charge is -2.16. The Hall–Kier alpha value is -1.32. The number of rotatable bonds is 12. The maximum Gasteiger partial charge on any atom is 0.246 e. The molecule has 0 aromatic heterocycles. The molecule has 0 saturated carbocycles. The number of unbranched alkanes of at least 4 members (excludes halogenated alkanes) is 6. The highest BCUT2D eigenvalue weighted by atomic mass is 16.2. The Kier molecular flexibility index (Phi) is 12.5. The molecule has 0 bridgehead atoms. The van der Waals surface area contributed by atoms with Gasteiger partial charge in [0.2, 0.25) is 11.8 Å². The van der Waals surface area contributed by atoms with Crippen LogP contribution >= 0.6 is 0 Å². The van der Waals surface area contributed by atoms with Crippen LogP contribution in [0.1, 0.15) is 65.2 Å². The van der Waals surface area contributed by atoms with E-state index in [2.05, 4.69) is 13.8 Å². The minimum atomic E-state index is -0.0933. The van der Waals surface area contributed by atoms with Gasteiger partial charge in [-0.15, -0.1) is 0 Å². The summed E-state index contributed by atoms with van der Waals surface area (Å²) < 4.78 is 0. The highest BCUT2D eigenvalue weighted by Gasteiger charge is 2.07. The quantitative estimate of drug-likeness (QED) is 0.408. The van der Waals surface area contributed by atoms with E-state index in [1.807, 2.05) is 0 Å². The molecule has 0 aromatic rings. The van der Waals surface area contributed by atoms with Crippen molar-refractivity contribution in [2.45, 2.75) is 65.2 Å². The van der Waals surface area contributed by atoms with E-state index in [1.165, 1.54) is 37.8 Å². The molecule has 0 rings (SSSR count). The molecule has 4 nitrogen and oxygen atoms in total. The summed E-state index contributed by atoms with van der Waals surface area (Å²) in [7, 11) is 3.58. The minimum absolute atomic E-state index is 0.0933. The summed E-state index contributed by atoms with van der Waals surface area (Å²) in [6.45, 7) is 5.85. The molecule has 0 heterocycles. The van der Waals surface area contributed by atoms with E-state index in [1.54, 1.807) is 23.9 Å². The Morgan fingerprint density at radius 2 is 1.05 bits per heavy atom. The van der Waals surface area contributed by atoms with Crippen molar-refractivity contribution in [2.75, 3.05) is 27.2 Å². The van der Waals surface area contributed by atoms with Crippen molar-refractivity contribution in [2.24, 2.45) is 0 Å². The number of hydrogen-bond acceptors (Lipinski definition) is 2. The fourth-order valence-electron chi connectivity index (χ4n) is 2.17. The first-order valence-electron chi connectivity index (χ1n) is 8.71. The van der Waals surface area contributed by atoms with Crippen molar-refractivity contribution in [3.8, 4) is 0 Å². The average molecular weight is 310 g/mol. The van der Waals surface area contributed by atoms with Gasteiger partial charge >= 0.3 is 0 Å². The number of nitrogens with zero attached hydrogens (tertiary/aromatic N) is 2. The Bertz CT molecular complexity index is 308. The fraction of sp³-hybridized carbons (Fsp3) is 0.778. The van der Waals surface area contributed by atoms with Gasteiger partial charge in [0.05, 0.1) is 0 Å². The molecule has 0 atom stereocenters. The SMILES string of the molecule is CCCCCCN(C)C(=O)/C=C\C(=O)N(C)CCCCCC. The summed E-state index contributed by atoms with van der Waals surface area (Å²) in [6, 6.07) is 0. The first-order chi connectivity index (χ1) is 10.5. The zero-order valence-electron chi connectivity index (χ0n) is 14.9. The largest absolute Gasteiger partial charge is 0.342 e. The van der Waals surface area contributed by atoms with Crippen LogP contribution in [0.4, 0.5) is 0 Å². The molecule has 0 fully saturated rings. The molecule has 0 aromatic carbocycles. The highest BCUT2D eigenvalue weighted by molar-refractivity contribution is 5.96. The van der Waals surface area contributed by atoms with Crippen molar-refractivity contribution in [3.05, 3.63) is 12.2 Å². The maximum atomic E-state index is 11.9. The average Bonchev–Trinajstić information content (AvgIpc) is 2.52. The van der Waals surface area contributed by atoms with E-state index >= 15 is 0 Å². The third kappa shape index (κ3) is 10.4. The highest BCUT2D eigenvalue weighted by Crippen LogP contribution is 2.02. The Morgan fingerprint density at radius 3 is 1.36 bits per heavy atom. The van der Waals surface area contributed by atoms with Crippen LogP contribution < -0.4 is 0 Å². The van der Waals surface area contributed by atoms with Crippen LogP contribution in [0.15, 0.2) is 12.2 Å². The number of amides is 2. The molecule has 0 aliphatic carbocycles. The predicted octanol–water partition coefficient (Wildman–Crippen LogP) is 3.62. The maximum absolute atomic E-state index is 11.9. The first kappa shape index (κ1) is 20.7. The van der Waals surface area contributed by atoms with Crippen molar-refractivity contribution in [1.29, 1.82) is 0 Å². The van der Waals surface area contributed by atoms with Crippen molar-refractivity contribution >= 4 is 11.8 Å². The second-order valence-corrected chi connectivity index (χ2v) is 5.97. The molecule has 22 heavy (non-hydrogen) atoms. The van der Waals surface area contributed by atoms with Gasteiger partial charge in [0.1, 0.15) is 0 Å². The van der Waals surface area contributed by atoms with E-state index in [-0.39, 0.29) is 11.8 Å². The summed E-state index contributed by atoms with van der Waals surface area (Å²) in [6.07, 6.45) is 11.9. The number of carbonyl (C=O) groups is 2. The molecule has 128 valence electrons. The zero-order chi connectivity index (χ0) is 16.8. The molecule has 2 amide bonds. The summed E-state index contributed by atoms with van der Waals surface area (Å²) >= 11 is 0. The number of carbonyl (C=O) groups excluding carboxylic acids is 2. The number of likely N-dealkylation sites (N-methyl/N-ethyl adjacent to an activating group) is 2. The second-order valence-electron chi connectivity index (χ2n) is 5.97. The lowest BCUT2D eigenvalue weighted by molar-refractivity contribution is -0.127. The van der Waals surface area contributed by atoms with Gasteiger partial charge in [0.15, 0.2) is 0 Å². The third-order valence-electron chi connectivity index (χ3n) is 3.82. The van der Waals surface area contributed by atoms with E-state index in [4.69, 9.17) is 0 Å². The second kappa shape index (κ2) is 13.4. The Labute approximate surface area is 136 Å². The molecule has 0 aliphatic heterocycles. The molecule has 0 saturated heterocycles. The van der Waals surface area contributed by atoms with Crippen LogP contribution in [0.3, 0.4) is 0 Å². The lowest BCUT2D eigenvalue weighted by Crippen LogP contribution is -2.28. The number of hydrogen-bond donors (Lipinski definition) is 0. The summed E-state index contributed by atoms with van der Waals surface area (Å²) in [5.74, 6) is -0.187. The van der Waals surface area contributed by atoms with E-state index in [0.29, 0.717) is 0 Å². The first-order valence-corrected chi connectivity index (χ1v) is 8.71. The molecule has 4 heteroatoms. The molecule has 0 spiro atoms. The van der Waals surface area contributed by atoms with Gasteiger partial charge in [0, 0.05) is 39.3 Å². The molecule has 0 N–H and O–H groups in total. The van der Waals surface area contributed by atoms with Crippen LogP contribution in [-0.2, 0) is 9.59 Å². The van der Waals surface area contributed by atoms with E-state index in [9.17, 15) is 9.59 Å². The summed E-state index contributed by atoms with van der Waals surface area (Å²) in [5, 5.41) is 0. The monoisotopic (exact) mass is 310 g/mol. The van der Waals surface area contributed by atoms with Gasteiger partial charge in [-0.25, -0.2) is 0 Å². The predicted molar refractivity (Wildman–Crippen MR) is 92.7 cm³/mol. The van der Waals surface area contributed by atoms with Crippen molar-refractivity contribution in [3.63, 3.8) is 0 Å².